The second kappa shape index (κ2) is 14.4. The molecule has 0 fully saturated rings. The Morgan fingerprint density at radius 2 is 1.61 bits per heavy atom. The molecule has 0 radical (unpaired) electrons. The van der Waals surface area contributed by atoms with Crippen LogP contribution in [-0.2, 0) is 15.7 Å². The fourth-order valence-corrected chi connectivity index (χ4v) is 4.15. The molecule has 224 valence electrons. The van der Waals surface area contributed by atoms with E-state index in [1.165, 1.54) is 36.5 Å². The highest BCUT2D eigenvalue weighted by Gasteiger charge is 2.39. The highest BCUT2D eigenvalue weighted by atomic mass is 19.4. The van der Waals surface area contributed by atoms with Gasteiger partial charge in [0, 0.05) is 50.8 Å². The van der Waals surface area contributed by atoms with Gasteiger partial charge in [-0.3, -0.25) is 9.89 Å². The second-order valence-electron chi connectivity index (χ2n) is 9.18. The number of ether oxygens (including phenoxy) is 2. The molecule has 13 heteroatoms. The number of methoxy groups -OCH3 is 2. The van der Waals surface area contributed by atoms with Crippen molar-refractivity contribution in [3.63, 3.8) is 0 Å². The minimum atomic E-state index is -4.55. The van der Waals surface area contributed by atoms with Crippen molar-refractivity contribution in [2.24, 2.45) is 4.99 Å². The largest absolute Gasteiger partial charge is 0.416 e. The summed E-state index contributed by atoms with van der Waals surface area (Å²) in [6, 6.07) is 7.75. The van der Waals surface area contributed by atoms with Crippen LogP contribution < -0.4 is 16.4 Å². The Bertz CT molecular complexity index is 1220. The van der Waals surface area contributed by atoms with Gasteiger partial charge in [0.25, 0.3) is 0 Å². The quantitative estimate of drug-likeness (QED) is 0.134. The predicted octanol–water partition coefficient (Wildman–Crippen LogP) is 5.39. The zero-order valence-corrected chi connectivity index (χ0v) is 22.6. The topological polar surface area (TPSA) is 84.1 Å². The summed E-state index contributed by atoms with van der Waals surface area (Å²) in [5.41, 5.74) is 5.90. The van der Waals surface area contributed by atoms with E-state index in [4.69, 9.17) is 15.2 Å². The molecule has 41 heavy (non-hydrogen) atoms. The minimum absolute atomic E-state index is 0.147. The lowest BCUT2D eigenvalue weighted by Crippen LogP contribution is -2.33. The van der Waals surface area contributed by atoms with Crippen molar-refractivity contribution >= 4 is 17.2 Å². The zero-order valence-electron chi connectivity index (χ0n) is 22.6. The van der Waals surface area contributed by atoms with Crippen molar-refractivity contribution < 1.29 is 35.8 Å². The first-order valence-electron chi connectivity index (χ1n) is 12.7. The molecule has 0 bridgehead atoms. The summed E-state index contributed by atoms with van der Waals surface area (Å²) in [7, 11) is 3.19. The van der Waals surface area contributed by atoms with Crippen LogP contribution in [0.4, 0.5) is 37.7 Å². The number of nitrogens with zero attached hydrogens (tertiary/aromatic N) is 2. The molecule has 0 amide bonds. The molecule has 2 aromatic carbocycles. The SMILES string of the molecule is COCCN(CCN=C(Nc1ccc(C(F)(F)F)cc1)c1ccc(C2NC=CC=C2C(F)(F)F)cc1N)CCOC. The Labute approximate surface area is 234 Å². The van der Waals surface area contributed by atoms with E-state index < -0.39 is 29.5 Å². The van der Waals surface area contributed by atoms with Gasteiger partial charge in [-0.2, -0.15) is 26.3 Å². The molecule has 1 heterocycles. The first-order chi connectivity index (χ1) is 19.4. The van der Waals surface area contributed by atoms with Gasteiger partial charge >= 0.3 is 12.4 Å². The van der Waals surface area contributed by atoms with Crippen LogP contribution in [0.5, 0.6) is 0 Å². The third-order valence-corrected chi connectivity index (χ3v) is 6.32. The van der Waals surface area contributed by atoms with Gasteiger partial charge in [0.05, 0.1) is 36.9 Å². The first-order valence-corrected chi connectivity index (χ1v) is 12.7. The Hall–Kier alpha value is -3.55. The molecule has 2 aromatic rings. The van der Waals surface area contributed by atoms with E-state index in [1.54, 1.807) is 20.3 Å². The van der Waals surface area contributed by atoms with Crippen molar-refractivity contribution in [3.8, 4) is 0 Å². The van der Waals surface area contributed by atoms with E-state index in [0.29, 0.717) is 49.7 Å². The summed E-state index contributed by atoms with van der Waals surface area (Å²) in [6.45, 7) is 3.06. The van der Waals surface area contributed by atoms with Gasteiger partial charge in [0.2, 0.25) is 0 Å². The number of halogens is 6. The highest BCUT2D eigenvalue weighted by Crippen LogP contribution is 2.38. The number of nitrogens with one attached hydrogen (secondary N) is 2. The highest BCUT2D eigenvalue weighted by molar-refractivity contribution is 6.11. The normalized spacial score (nSPS) is 16.1. The number of rotatable bonds is 12. The molecule has 3 rings (SSSR count). The molecular formula is C28H33F6N5O2. The van der Waals surface area contributed by atoms with E-state index >= 15 is 0 Å². The number of anilines is 2. The number of allylic oxidation sites excluding steroid dienone is 2. The molecule has 0 aromatic heterocycles. The van der Waals surface area contributed by atoms with Gasteiger partial charge in [-0.15, -0.1) is 0 Å². The van der Waals surface area contributed by atoms with Crippen molar-refractivity contribution in [2.75, 3.05) is 64.7 Å². The van der Waals surface area contributed by atoms with Crippen LogP contribution in [-0.4, -0.2) is 70.5 Å². The van der Waals surface area contributed by atoms with Crippen LogP contribution in [0.2, 0.25) is 0 Å². The summed E-state index contributed by atoms with van der Waals surface area (Å²) < 4.78 is 90.2. The lowest BCUT2D eigenvalue weighted by molar-refractivity contribution is -0.137. The van der Waals surface area contributed by atoms with Gasteiger partial charge in [0.1, 0.15) is 5.84 Å². The molecule has 1 atom stereocenters. The van der Waals surface area contributed by atoms with Crippen LogP contribution in [0, 0.1) is 0 Å². The lowest BCUT2D eigenvalue weighted by atomic mass is 9.94. The summed E-state index contributed by atoms with van der Waals surface area (Å²) in [5.74, 6) is 0.260. The molecule has 7 nitrogen and oxygen atoms in total. The van der Waals surface area contributed by atoms with Crippen LogP contribution >= 0.6 is 0 Å². The van der Waals surface area contributed by atoms with Crippen molar-refractivity contribution in [3.05, 3.63) is 83.1 Å². The number of aliphatic imine (C=N–C) groups is 1. The Morgan fingerprint density at radius 3 is 2.17 bits per heavy atom. The van der Waals surface area contributed by atoms with Crippen LogP contribution in [0.15, 0.2) is 71.4 Å². The van der Waals surface area contributed by atoms with E-state index in [1.807, 2.05) is 0 Å². The van der Waals surface area contributed by atoms with E-state index in [9.17, 15) is 26.3 Å². The second-order valence-corrected chi connectivity index (χ2v) is 9.18. The first kappa shape index (κ1) is 32.0. The Morgan fingerprint density at radius 1 is 0.951 bits per heavy atom. The number of nitrogens with two attached hydrogens (primary N) is 1. The molecule has 0 saturated heterocycles. The maximum atomic E-state index is 13.6. The molecule has 1 unspecified atom stereocenters. The maximum absolute atomic E-state index is 13.6. The molecule has 1 aliphatic heterocycles. The Balaban J connectivity index is 1.90. The molecule has 4 N–H and O–H groups in total. The summed E-state index contributed by atoms with van der Waals surface area (Å²) >= 11 is 0. The van der Waals surface area contributed by atoms with Crippen molar-refractivity contribution in [1.82, 2.24) is 10.2 Å². The molecule has 0 saturated carbocycles. The monoisotopic (exact) mass is 585 g/mol. The average Bonchev–Trinajstić information content (AvgIpc) is 2.93. The third kappa shape index (κ3) is 9.23. The number of nitrogen functional groups attached to an aromatic ring is 1. The van der Waals surface area contributed by atoms with Gasteiger partial charge < -0.3 is 25.8 Å². The molecule has 0 spiro atoms. The maximum Gasteiger partial charge on any atom is 0.416 e. The van der Waals surface area contributed by atoms with Crippen LogP contribution in [0.1, 0.15) is 22.7 Å². The number of alkyl halides is 6. The summed E-state index contributed by atoms with van der Waals surface area (Å²) in [6.07, 6.45) is -5.34. The van der Waals surface area contributed by atoms with Crippen molar-refractivity contribution in [1.29, 1.82) is 0 Å². The van der Waals surface area contributed by atoms with Gasteiger partial charge in [-0.25, -0.2) is 0 Å². The third-order valence-electron chi connectivity index (χ3n) is 6.32. The minimum Gasteiger partial charge on any atom is -0.398 e. The zero-order chi connectivity index (χ0) is 30.0. The summed E-state index contributed by atoms with van der Waals surface area (Å²) in [4.78, 5) is 6.71. The number of amidine groups is 1. The average molecular weight is 586 g/mol. The standard InChI is InChI=1S/C28H33F6N5O2/c1-40-16-14-39(15-17-41-2)13-12-37-26(38-21-8-6-20(7-9-21)27(29,30)31)22-10-5-19(18-24(22)35)25-23(28(32,33)34)4-3-11-36-25/h3-11,18,25,36H,12-17,35H2,1-2H3,(H,37,38). The van der Waals surface area contributed by atoms with Gasteiger partial charge in [0.15, 0.2) is 0 Å². The number of hydrogen-bond donors (Lipinski definition) is 3. The van der Waals surface area contributed by atoms with Gasteiger partial charge in [-0.05, 0) is 54.2 Å². The van der Waals surface area contributed by atoms with Gasteiger partial charge in [-0.1, -0.05) is 12.1 Å². The smallest absolute Gasteiger partial charge is 0.398 e. The molecule has 1 aliphatic rings. The van der Waals surface area contributed by atoms with E-state index in [0.717, 1.165) is 18.2 Å². The lowest BCUT2D eigenvalue weighted by Gasteiger charge is -2.26. The number of hydrogen-bond acceptors (Lipinski definition) is 6. The summed E-state index contributed by atoms with van der Waals surface area (Å²) in [5, 5.41) is 5.74. The predicted molar refractivity (Wildman–Crippen MR) is 147 cm³/mol. The molecule has 0 aliphatic carbocycles. The Kier molecular flexibility index (Phi) is 11.2. The van der Waals surface area contributed by atoms with Crippen LogP contribution in [0.3, 0.4) is 0 Å². The van der Waals surface area contributed by atoms with E-state index in [2.05, 4.69) is 20.5 Å². The number of benzene rings is 2. The number of dihydropyridines is 1. The molecular weight excluding hydrogens is 552 g/mol. The fourth-order valence-electron chi connectivity index (χ4n) is 4.15. The van der Waals surface area contributed by atoms with Crippen LogP contribution in [0.25, 0.3) is 0 Å². The fraction of sp³-hybridized carbons (Fsp3) is 0.393. The van der Waals surface area contributed by atoms with E-state index in [-0.39, 0.29) is 18.1 Å². The van der Waals surface area contributed by atoms with Crippen molar-refractivity contribution in [2.45, 2.75) is 18.4 Å².